The minimum Gasteiger partial charge on any atom is -0.325 e. The summed E-state index contributed by atoms with van der Waals surface area (Å²) >= 11 is 7.46. The minimum absolute atomic E-state index is 0.242. The van der Waals surface area contributed by atoms with E-state index in [1.807, 2.05) is 5.38 Å². The van der Waals surface area contributed by atoms with Gasteiger partial charge in [0.2, 0.25) is 5.91 Å². The van der Waals surface area contributed by atoms with Crippen molar-refractivity contribution in [2.75, 3.05) is 16.0 Å². The number of rotatable bonds is 5. The fraction of sp³-hybridized carbons (Fsp3) is 0.0500. The molecule has 3 N–H and O–H groups in total. The van der Waals surface area contributed by atoms with E-state index in [1.165, 1.54) is 24.3 Å². The summed E-state index contributed by atoms with van der Waals surface area (Å²) < 4.78 is 0. The van der Waals surface area contributed by atoms with Crippen LogP contribution in [0.3, 0.4) is 0 Å². The monoisotopic (exact) mass is 413 g/mol. The number of halogens is 1. The van der Waals surface area contributed by atoms with Gasteiger partial charge in [-0.3, -0.25) is 14.4 Å². The molecule has 0 saturated carbocycles. The van der Waals surface area contributed by atoms with Gasteiger partial charge in [0.25, 0.3) is 11.8 Å². The highest BCUT2D eigenvalue weighted by atomic mass is 35.5. The van der Waals surface area contributed by atoms with Crippen molar-refractivity contribution in [3.63, 3.8) is 0 Å². The molecule has 6 nitrogen and oxygen atoms in total. The van der Waals surface area contributed by atoms with Crippen LogP contribution < -0.4 is 16.0 Å². The van der Waals surface area contributed by atoms with Crippen LogP contribution in [0, 0.1) is 0 Å². The van der Waals surface area contributed by atoms with E-state index in [4.69, 9.17) is 11.6 Å². The van der Waals surface area contributed by atoms with Crippen molar-refractivity contribution in [2.24, 2.45) is 0 Å². The standard InChI is InChI=1S/C20H16ClN3O3S/c1-12(25)22-17-9-8-13(11-15(17)21)23-19(26)14-5-2-3-6-16(14)24-20(27)18-7-4-10-28-18/h2-11H,1H3,(H,22,25)(H,23,26)(H,24,27). The van der Waals surface area contributed by atoms with Gasteiger partial charge in [-0.1, -0.05) is 29.8 Å². The number of nitrogens with one attached hydrogen (secondary N) is 3. The molecular formula is C20H16ClN3O3S. The molecule has 0 spiro atoms. The quantitative estimate of drug-likeness (QED) is 0.558. The number of amides is 3. The van der Waals surface area contributed by atoms with Gasteiger partial charge in [0.15, 0.2) is 0 Å². The van der Waals surface area contributed by atoms with Crippen LogP contribution in [0.2, 0.25) is 5.02 Å². The first-order chi connectivity index (χ1) is 13.4. The number of anilines is 3. The molecule has 0 unspecified atom stereocenters. The maximum Gasteiger partial charge on any atom is 0.265 e. The molecular weight excluding hydrogens is 398 g/mol. The SMILES string of the molecule is CC(=O)Nc1ccc(NC(=O)c2ccccc2NC(=O)c2cccs2)cc1Cl. The van der Waals surface area contributed by atoms with Crippen LogP contribution in [0.25, 0.3) is 0 Å². The average Bonchev–Trinajstić information content (AvgIpc) is 3.19. The molecule has 2 aromatic carbocycles. The van der Waals surface area contributed by atoms with Gasteiger partial charge < -0.3 is 16.0 Å². The predicted molar refractivity (Wildman–Crippen MR) is 112 cm³/mol. The third-order valence-corrected chi connectivity index (χ3v) is 4.88. The molecule has 0 fully saturated rings. The fourth-order valence-electron chi connectivity index (χ4n) is 2.46. The zero-order chi connectivity index (χ0) is 20.1. The van der Waals surface area contributed by atoms with E-state index in [0.717, 1.165) is 0 Å². The molecule has 0 aliphatic rings. The van der Waals surface area contributed by atoms with Crippen LogP contribution in [0.15, 0.2) is 60.0 Å². The predicted octanol–water partition coefficient (Wildman–Crippen LogP) is 4.86. The highest BCUT2D eigenvalue weighted by Crippen LogP contribution is 2.26. The third-order valence-electron chi connectivity index (χ3n) is 3.70. The number of hydrogen-bond donors (Lipinski definition) is 3. The van der Waals surface area contributed by atoms with Crippen molar-refractivity contribution in [3.8, 4) is 0 Å². The number of carbonyl (C=O) groups is 3. The number of carbonyl (C=O) groups excluding carboxylic acids is 3. The highest BCUT2D eigenvalue weighted by Gasteiger charge is 2.15. The largest absolute Gasteiger partial charge is 0.325 e. The van der Waals surface area contributed by atoms with Crippen molar-refractivity contribution in [2.45, 2.75) is 6.92 Å². The van der Waals surface area contributed by atoms with Crippen LogP contribution in [0.5, 0.6) is 0 Å². The molecule has 3 amide bonds. The maximum atomic E-state index is 12.7. The van der Waals surface area contributed by atoms with E-state index < -0.39 is 5.91 Å². The molecule has 0 atom stereocenters. The molecule has 8 heteroatoms. The summed E-state index contributed by atoms with van der Waals surface area (Å²) in [7, 11) is 0. The second kappa shape index (κ2) is 8.69. The summed E-state index contributed by atoms with van der Waals surface area (Å²) in [4.78, 5) is 36.7. The fourth-order valence-corrected chi connectivity index (χ4v) is 3.31. The van der Waals surface area contributed by atoms with Crippen LogP contribution in [0.4, 0.5) is 17.1 Å². The zero-order valence-corrected chi connectivity index (χ0v) is 16.4. The summed E-state index contributed by atoms with van der Waals surface area (Å²) in [5.74, 6) is -0.919. The van der Waals surface area contributed by atoms with E-state index in [1.54, 1.807) is 48.5 Å². The Balaban J connectivity index is 1.77. The van der Waals surface area contributed by atoms with Crippen molar-refractivity contribution in [1.82, 2.24) is 0 Å². The summed E-state index contributed by atoms with van der Waals surface area (Å²) in [6.45, 7) is 1.38. The Labute approximate surface area is 170 Å². The number of para-hydroxylation sites is 1. The molecule has 1 heterocycles. The second-order valence-electron chi connectivity index (χ2n) is 5.81. The summed E-state index contributed by atoms with van der Waals surface area (Å²) in [6.07, 6.45) is 0. The molecule has 0 aliphatic carbocycles. The lowest BCUT2D eigenvalue weighted by Gasteiger charge is -2.12. The molecule has 28 heavy (non-hydrogen) atoms. The first-order valence-corrected chi connectivity index (χ1v) is 9.52. The number of thiophene rings is 1. The molecule has 142 valence electrons. The first kappa shape index (κ1) is 19.6. The van der Waals surface area contributed by atoms with E-state index in [2.05, 4.69) is 16.0 Å². The van der Waals surface area contributed by atoms with Gasteiger partial charge in [-0.05, 0) is 41.8 Å². The Kier molecular flexibility index (Phi) is 6.08. The van der Waals surface area contributed by atoms with E-state index in [0.29, 0.717) is 32.5 Å². The van der Waals surface area contributed by atoms with Gasteiger partial charge in [-0.25, -0.2) is 0 Å². The Hall–Kier alpha value is -3.16. The molecule has 0 radical (unpaired) electrons. The summed E-state index contributed by atoms with van der Waals surface area (Å²) in [5.41, 5.74) is 1.63. The van der Waals surface area contributed by atoms with Crippen LogP contribution >= 0.6 is 22.9 Å². The van der Waals surface area contributed by atoms with Gasteiger partial charge >= 0.3 is 0 Å². The molecule has 1 aromatic heterocycles. The topological polar surface area (TPSA) is 87.3 Å². The van der Waals surface area contributed by atoms with E-state index in [-0.39, 0.29) is 11.8 Å². The maximum absolute atomic E-state index is 12.7. The Morgan fingerprint density at radius 3 is 2.32 bits per heavy atom. The molecule has 3 rings (SSSR count). The Bertz CT molecular complexity index is 1030. The van der Waals surface area contributed by atoms with Crippen LogP contribution in [-0.4, -0.2) is 17.7 Å². The van der Waals surface area contributed by atoms with Crippen LogP contribution in [0.1, 0.15) is 27.0 Å². The third kappa shape index (κ3) is 4.76. The van der Waals surface area contributed by atoms with Gasteiger partial charge in [-0.15, -0.1) is 11.3 Å². The lowest BCUT2D eigenvalue weighted by atomic mass is 10.1. The molecule has 0 saturated heterocycles. The van der Waals surface area contributed by atoms with Crippen molar-refractivity contribution in [3.05, 3.63) is 75.4 Å². The Morgan fingerprint density at radius 2 is 1.64 bits per heavy atom. The molecule has 0 aliphatic heterocycles. The van der Waals surface area contributed by atoms with Crippen molar-refractivity contribution < 1.29 is 14.4 Å². The van der Waals surface area contributed by atoms with Gasteiger partial charge in [0.1, 0.15) is 0 Å². The lowest BCUT2D eigenvalue weighted by molar-refractivity contribution is -0.114. The zero-order valence-electron chi connectivity index (χ0n) is 14.8. The lowest BCUT2D eigenvalue weighted by Crippen LogP contribution is -2.17. The average molecular weight is 414 g/mol. The van der Waals surface area contributed by atoms with E-state index >= 15 is 0 Å². The smallest absolute Gasteiger partial charge is 0.265 e. The summed E-state index contributed by atoms with van der Waals surface area (Å²) in [6, 6.07) is 15.0. The normalized spacial score (nSPS) is 10.2. The molecule has 0 bridgehead atoms. The van der Waals surface area contributed by atoms with Crippen molar-refractivity contribution >= 4 is 57.7 Å². The first-order valence-electron chi connectivity index (χ1n) is 8.26. The van der Waals surface area contributed by atoms with Gasteiger partial charge in [0, 0.05) is 12.6 Å². The van der Waals surface area contributed by atoms with Gasteiger partial charge in [-0.2, -0.15) is 0 Å². The highest BCUT2D eigenvalue weighted by molar-refractivity contribution is 7.12. The van der Waals surface area contributed by atoms with Crippen molar-refractivity contribution in [1.29, 1.82) is 0 Å². The van der Waals surface area contributed by atoms with Crippen LogP contribution in [-0.2, 0) is 4.79 Å². The van der Waals surface area contributed by atoms with Gasteiger partial charge in [0.05, 0.1) is 26.8 Å². The molecule has 3 aromatic rings. The second-order valence-corrected chi connectivity index (χ2v) is 7.16. The van der Waals surface area contributed by atoms with E-state index in [9.17, 15) is 14.4 Å². The number of hydrogen-bond acceptors (Lipinski definition) is 4. The Morgan fingerprint density at radius 1 is 0.857 bits per heavy atom. The minimum atomic E-state index is -0.398. The number of benzene rings is 2. The summed E-state index contributed by atoms with van der Waals surface area (Å²) in [5, 5.41) is 10.2.